The van der Waals surface area contributed by atoms with Crippen molar-refractivity contribution in [2.24, 2.45) is 11.7 Å². The number of rotatable bonds is 6. The highest BCUT2D eigenvalue weighted by Gasteiger charge is 2.26. The molecule has 1 aliphatic heterocycles. The first kappa shape index (κ1) is 15.8. The van der Waals surface area contributed by atoms with Crippen LogP contribution in [-0.2, 0) is 11.2 Å². The molecule has 0 saturated heterocycles. The predicted octanol–water partition coefficient (Wildman–Crippen LogP) is 1.93. The second-order valence-corrected chi connectivity index (χ2v) is 6.22. The molecule has 2 rings (SSSR count). The molecule has 4 nitrogen and oxygen atoms in total. The molecule has 1 aromatic rings. The molecule has 0 radical (unpaired) electrons. The van der Waals surface area contributed by atoms with E-state index in [4.69, 9.17) is 5.73 Å². The van der Waals surface area contributed by atoms with Crippen LogP contribution >= 0.6 is 0 Å². The summed E-state index contributed by atoms with van der Waals surface area (Å²) >= 11 is 0. The zero-order chi connectivity index (χ0) is 15.2. The summed E-state index contributed by atoms with van der Waals surface area (Å²) in [5.41, 5.74) is 8.37. The molecule has 0 bridgehead atoms. The fourth-order valence-corrected chi connectivity index (χ4v) is 2.85. The van der Waals surface area contributed by atoms with E-state index in [2.05, 4.69) is 42.3 Å². The van der Waals surface area contributed by atoms with Crippen LogP contribution < -0.4 is 16.0 Å². The molecular formula is C17H27N3O. The zero-order valence-electron chi connectivity index (χ0n) is 13.1. The van der Waals surface area contributed by atoms with E-state index in [1.807, 2.05) is 6.07 Å². The number of aryl methyl sites for hydroxylation is 1. The fraction of sp³-hybridized carbons (Fsp3) is 0.588. The van der Waals surface area contributed by atoms with Gasteiger partial charge in [0.05, 0.1) is 6.54 Å². The number of benzene rings is 1. The lowest BCUT2D eigenvalue weighted by molar-refractivity contribution is -0.119. The third-order valence-electron chi connectivity index (χ3n) is 4.12. The maximum absolute atomic E-state index is 12.2. The van der Waals surface area contributed by atoms with E-state index in [-0.39, 0.29) is 11.9 Å². The third-order valence-corrected chi connectivity index (χ3v) is 4.12. The van der Waals surface area contributed by atoms with E-state index < -0.39 is 0 Å². The molecule has 21 heavy (non-hydrogen) atoms. The lowest BCUT2D eigenvalue weighted by Crippen LogP contribution is -2.48. The molecule has 3 N–H and O–H groups in total. The van der Waals surface area contributed by atoms with Crippen LogP contribution in [0.5, 0.6) is 0 Å². The largest absolute Gasteiger partial charge is 0.358 e. The standard InChI is InChI=1S/C17H27N3O/c1-13(2)9-10-19-17(21)12-20-15(11-18)8-7-14-5-3-4-6-16(14)20/h3-6,13,15H,7-12,18H2,1-2H3,(H,19,21). The van der Waals surface area contributed by atoms with Crippen molar-refractivity contribution in [3.8, 4) is 0 Å². The Morgan fingerprint density at radius 3 is 2.90 bits per heavy atom. The van der Waals surface area contributed by atoms with E-state index in [0.717, 1.165) is 25.8 Å². The molecular weight excluding hydrogens is 262 g/mol. The average Bonchev–Trinajstić information content (AvgIpc) is 2.47. The van der Waals surface area contributed by atoms with Crippen LogP contribution in [0.4, 0.5) is 5.69 Å². The van der Waals surface area contributed by atoms with Gasteiger partial charge in [-0.25, -0.2) is 0 Å². The van der Waals surface area contributed by atoms with Gasteiger partial charge in [-0.1, -0.05) is 32.0 Å². The monoisotopic (exact) mass is 289 g/mol. The quantitative estimate of drug-likeness (QED) is 0.841. The van der Waals surface area contributed by atoms with Crippen molar-refractivity contribution in [2.45, 2.75) is 39.2 Å². The van der Waals surface area contributed by atoms with E-state index in [0.29, 0.717) is 19.0 Å². The number of fused-ring (bicyclic) bond motifs is 1. The Balaban J connectivity index is 2.01. The number of hydrogen-bond donors (Lipinski definition) is 2. The normalized spacial score (nSPS) is 17.7. The summed E-state index contributed by atoms with van der Waals surface area (Å²) in [5.74, 6) is 0.698. The van der Waals surface area contributed by atoms with Gasteiger partial charge in [0.25, 0.3) is 0 Å². The average molecular weight is 289 g/mol. The first-order valence-electron chi connectivity index (χ1n) is 7.93. The van der Waals surface area contributed by atoms with Gasteiger partial charge in [0.15, 0.2) is 0 Å². The smallest absolute Gasteiger partial charge is 0.239 e. The highest BCUT2D eigenvalue weighted by atomic mass is 16.2. The molecule has 0 fully saturated rings. The molecule has 1 aromatic carbocycles. The van der Waals surface area contributed by atoms with Gasteiger partial charge in [0, 0.05) is 24.8 Å². The Morgan fingerprint density at radius 2 is 2.19 bits per heavy atom. The number of nitrogens with two attached hydrogens (primary N) is 1. The minimum atomic E-state index is 0.0887. The summed E-state index contributed by atoms with van der Waals surface area (Å²) < 4.78 is 0. The van der Waals surface area contributed by atoms with Crippen LogP contribution in [-0.4, -0.2) is 31.6 Å². The molecule has 0 aromatic heterocycles. The summed E-state index contributed by atoms with van der Waals surface area (Å²) in [6.07, 6.45) is 3.08. The van der Waals surface area contributed by atoms with Gasteiger partial charge in [-0.05, 0) is 36.8 Å². The Morgan fingerprint density at radius 1 is 1.43 bits per heavy atom. The van der Waals surface area contributed by atoms with Crippen LogP contribution in [0.25, 0.3) is 0 Å². The van der Waals surface area contributed by atoms with E-state index in [9.17, 15) is 4.79 Å². The molecule has 1 heterocycles. The van der Waals surface area contributed by atoms with Crippen molar-refractivity contribution in [3.05, 3.63) is 29.8 Å². The van der Waals surface area contributed by atoms with Crippen molar-refractivity contribution in [1.82, 2.24) is 5.32 Å². The van der Waals surface area contributed by atoms with Crippen LogP contribution in [0, 0.1) is 5.92 Å². The highest BCUT2D eigenvalue weighted by Crippen LogP contribution is 2.29. The van der Waals surface area contributed by atoms with Crippen LogP contribution in [0.3, 0.4) is 0 Å². The minimum absolute atomic E-state index is 0.0887. The third kappa shape index (κ3) is 4.21. The van der Waals surface area contributed by atoms with Crippen molar-refractivity contribution in [1.29, 1.82) is 0 Å². The van der Waals surface area contributed by atoms with Gasteiger partial charge in [-0.2, -0.15) is 0 Å². The highest BCUT2D eigenvalue weighted by molar-refractivity contribution is 5.82. The predicted molar refractivity (Wildman–Crippen MR) is 87.4 cm³/mol. The Kier molecular flexibility index (Phi) is 5.62. The molecule has 0 saturated carbocycles. The van der Waals surface area contributed by atoms with E-state index >= 15 is 0 Å². The molecule has 116 valence electrons. The van der Waals surface area contributed by atoms with Gasteiger partial charge in [0.1, 0.15) is 0 Å². The van der Waals surface area contributed by atoms with Gasteiger partial charge in [-0.3, -0.25) is 4.79 Å². The van der Waals surface area contributed by atoms with E-state index in [1.165, 1.54) is 11.3 Å². The first-order chi connectivity index (χ1) is 10.1. The fourth-order valence-electron chi connectivity index (χ4n) is 2.85. The number of carbonyl (C=O) groups excluding carboxylic acids is 1. The molecule has 1 amide bonds. The topological polar surface area (TPSA) is 58.4 Å². The maximum Gasteiger partial charge on any atom is 0.239 e. The number of amides is 1. The molecule has 0 spiro atoms. The summed E-state index contributed by atoms with van der Waals surface area (Å²) in [6.45, 7) is 6.07. The number of hydrogen-bond acceptors (Lipinski definition) is 3. The van der Waals surface area contributed by atoms with Gasteiger partial charge in [-0.15, -0.1) is 0 Å². The van der Waals surface area contributed by atoms with Gasteiger partial charge >= 0.3 is 0 Å². The number of anilines is 1. The lowest BCUT2D eigenvalue weighted by atomic mass is 9.95. The van der Waals surface area contributed by atoms with Gasteiger partial charge in [0.2, 0.25) is 5.91 Å². The number of para-hydroxylation sites is 1. The summed E-state index contributed by atoms with van der Waals surface area (Å²) in [6, 6.07) is 8.59. The minimum Gasteiger partial charge on any atom is -0.358 e. The molecule has 0 aliphatic carbocycles. The Bertz CT molecular complexity index is 473. The van der Waals surface area contributed by atoms with Crippen molar-refractivity contribution >= 4 is 11.6 Å². The van der Waals surface area contributed by atoms with Gasteiger partial charge < -0.3 is 16.0 Å². The van der Waals surface area contributed by atoms with Crippen molar-refractivity contribution < 1.29 is 4.79 Å². The number of nitrogens with one attached hydrogen (secondary N) is 1. The van der Waals surface area contributed by atoms with Crippen LogP contribution in [0.2, 0.25) is 0 Å². The molecule has 1 aliphatic rings. The SMILES string of the molecule is CC(C)CCNC(=O)CN1c2ccccc2CCC1CN. The summed E-state index contributed by atoms with van der Waals surface area (Å²) in [5, 5.41) is 3.02. The Labute approximate surface area is 127 Å². The zero-order valence-corrected chi connectivity index (χ0v) is 13.1. The van der Waals surface area contributed by atoms with E-state index in [1.54, 1.807) is 0 Å². The van der Waals surface area contributed by atoms with Crippen molar-refractivity contribution in [2.75, 3.05) is 24.5 Å². The maximum atomic E-state index is 12.2. The Hall–Kier alpha value is -1.55. The number of carbonyl (C=O) groups is 1. The summed E-state index contributed by atoms with van der Waals surface area (Å²) in [7, 11) is 0. The second-order valence-electron chi connectivity index (χ2n) is 6.22. The number of nitrogens with zero attached hydrogens (tertiary/aromatic N) is 1. The first-order valence-corrected chi connectivity index (χ1v) is 7.93. The van der Waals surface area contributed by atoms with Crippen LogP contribution in [0.15, 0.2) is 24.3 Å². The molecule has 1 unspecified atom stereocenters. The molecule has 4 heteroatoms. The molecule has 1 atom stereocenters. The summed E-state index contributed by atoms with van der Waals surface area (Å²) in [4.78, 5) is 14.3. The van der Waals surface area contributed by atoms with Crippen molar-refractivity contribution in [3.63, 3.8) is 0 Å². The lowest BCUT2D eigenvalue weighted by Gasteiger charge is -2.38. The van der Waals surface area contributed by atoms with Crippen LogP contribution in [0.1, 0.15) is 32.3 Å². The second kappa shape index (κ2) is 7.46.